The van der Waals surface area contributed by atoms with Crippen LogP contribution in [0.5, 0.6) is 5.75 Å². The molecule has 4 N–H and O–H groups in total. The van der Waals surface area contributed by atoms with Gasteiger partial charge in [0.1, 0.15) is 10.8 Å². The lowest BCUT2D eigenvalue weighted by molar-refractivity contribution is -0.114. The highest BCUT2D eigenvalue weighted by molar-refractivity contribution is 7.17. The molecule has 0 fully saturated rings. The zero-order chi connectivity index (χ0) is 23.4. The largest absolute Gasteiger partial charge is 0.495 e. The quantitative estimate of drug-likeness (QED) is 0.444. The Morgan fingerprint density at radius 2 is 1.94 bits per heavy atom. The molecule has 1 aromatic carbocycles. The lowest BCUT2D eigenvalue weighted by atomic mass is 9.95. The van der Waals surface area contributed by atoms with Crippen LogP contribution in [0.3, 0.4) is 0 Å². The maximum Gasteiger partial charge on any atom is 0.341 e. The van der Waals surface area contributed by atoms with Crippen molar-refractivity contribution < 1.29 is 19.1 Å². The zero-order valence-electron chi connectivity index (χ0n) is 18.3. The number of nitrogens with zero attached hydrogens (tertiary/aromatic N) is 3. The third kappa shape index (κ3) is 5.20. The van der Waals surface area contributed by atoms with Crippen LogP contribution in [0.15, 0.2) is 24.3 Å². The number of nitrogens with one attached hydrogen (secondary N) is 2. The molecule has 0 spiro atoms. The highest BCUT2D eigenvalue weighted by Crippen LogP contribution is 2.38. The summed E-state index contributed by atoms with van der Waals surface area (Å²) in [5, 5.41) is 6.32. The van der Waals surface area contributed by atoms with Crippen LogP contribution in [0, 0.1) is 0 Å². The number of aromatic nitrogens is 3. The van der Waals surface area contributed by atoms with Crippen molar-refractivity contribution in [1.82, 2.24) is 15.0 Å². The molecule has 0 unspecified atom stereocenters. The summed E-state index contributed by atoms with van der Waals surface area (Å²) in [6.07, 6.45) is 3.72. The van der Waals surface area contributed by atoms with E-state index in [9.17, 15) is 9.59 Å². The minimum absolute atomic E-state index is 0.0136. The van der Waals surface area contributed by atoms with Crippen molar-refractivity contribution in [3.8, 4) is 5.75 Å². The van der Waals surface area contributed by atoms with Crippen molar-refractivity contribution in [3.63, 3.8) is 0 Å². The molecule has 1 aliphatic rings. The van der Waals surface area contributed by atoms with Gasteiger partial charge < -0.3 is 25.8 Å². The van der Waals surface area contributed by atoms with E-state index in [-0.39, 0.29) is 30.2 Å². The Morgan fingerprint density at radius 3 is 2.73 bits per heavy atom. The van der Waals surface area contributed by atoms with E-state index in [2.05, 4.69) is 25.6 Å². The monoisotopic (exact) mass is 468 g/mol. The van der Waals surface area contributed by atoms with Crippen LogP contribution < -0.4 is 21.1 Å². The first-order chi connectivity index (χ1) is 15.9. The number of aryl methyl sites for hydroxylation is 1. The van der Waals surface area contributed by atoms with Crippen molar-refractivity contribution in [1.29, 1.82) is 0 Å². The van der Waals surface area contributed by atoms with E-state index < -0.39 is 5.97 Å². The van der Waals surface area contributed by atoms with Gasteiger partial charge in [0.25, 0.3) is 0 Å². The number of nitrogen functional groups attached to an aromatic ring is 1. The molecule has 10 nitrogen and oxygen atoms in total. The number of rotatable bonds is 7. The van der Waals surface area contributed by atoms with Crippen molar-refractivity contribution in [3.05, 3.63) is 46.1 Å². The molecule has 11 heteroatoms. The normalized spacial score (nSPS) is 12.5. The second kappa shape index (κ2) is 9.82. The number of carbonyl (C=O) groups is 2. The molecular formula is C22H24N6O4S. The van der Waals surface area contributed by atoms with Crippen molar-refractivity contribution in [2.45, 2.75) is 39.2 Å². The fourth-order valence-electron chi connectivity index (χ4n) is 3.66. The standard InChI is InChI=1S/C22H24N6O4S/c1-12(29)24-19-18(13-7-3-6-10-16(13)33-19)20(30)32-11-17-26-21(23)28-22(27-17)25-14-8-4-5-9-15(14)31-2/h4-5,8-9H,3,6-7,10-11H2,1-2H3,(H,24,29)(H3,23,25,26,27,28). The summed E-state index contributed by atoms with van der Waals surface area (Å²) in [5.74, 6) is 0.220. The number of nitrogens with two attached hydrogens (primary N) is 1. The molecule has 0 saturated heterocycles. The molecule has 1 aliphatic carbocycles. The average Bonchev–Trinajstić information content (AvgIpc) is 3.14. The van der Waals surface area contributed by atoms with Gasteiger partial charge in [-0.25, -0.2) is 4.79 Å². The number of anilines is 4. The summed E-state index contributed by atoms with van der Waals surface area (Å²) in [6, 6.07) is 7.28. The highest BCUT2D eigenvalue weighted by atomic mass is 32.1. The topological polar surface area (TPSA) is 141 Å². The molecule has 33 heavy (non-hydrogen) atoms. The number of hydrogen-bond acceptors (Lipinski definition) is 10. The first-order valence-corrected chi connectivity index (χ1v) is 11.3. The summed E-state index contributed by atoms with van der Waals surface area (Å²) in [5.41, 5.74) is 7.85. The van der Waals surface area contributed by atoms with Crippen LogP contribution >= 0.6 is 11.3 Å². The third-order valence-electron chi connectivity index (χ3n) is 5.05. The zero-order valence-corrected chi connectivity index (χ0v) is 19.1. The molecule has 172 valence electrons. The van der Waals surface area contributed by atoms with E-state index in [1.54, 1.807) is 13.2 Å². The van der Waals surface area contributed by atoms with Gasteiger partial charge in [0.2, 0.25) is 17.8 Å². The molecule has 2 heterocycles. The SMILES string of the molecule is COc1ccccc1Nc1nc(N)nc(COC(=O)c2c(NC(C)=O)sc3c2CCCC3)n1. The Kier molecular flexibility index (Phi) is 6.68. The lowest BCUT2D eigenvalue weighted by Gasteiger charge is -2.13. The van der Waals surface area contributed by atoms with Crippen LogP contribution in [0.4, 0.5) is 22.6 Å². The average molecular weight is 469 g/mol. The number of carbonyl (C=O) groups excluding carboxylic acids is 2. The summed E-state index contributed by atoms with van der Waals surface area (Å²) >= 11 is 1.43. The number of para-hydroxylation sites is 2. The minimum atomic E-state index is -0.531. The molecule has 2 aromatic heterocycles. The molecule has 3 aromatic rings. The number of esters is 1. The second-order valence-electron chi connectivity index (χ2n) is 7.43. The van der Waals surface area contributed by atoms with Gasteiger partial charge in [0.15, 0.2) is 12.4 Å². The smallest absolute Gasteiger partial charge is 0.341 e. The molecule has 0 radical (unpaired) electrons. The van der Waals surface area contributed by atoms with E-state index in [0.29, 0.717) is 22.0 Å². The maximum atomic E-state index is 13.0. The Hall–Kier alpha value is -3.73. The fraction of sp³-hybridized carbons (Fsp3) is 0.318. The summed E-state index contributed by atoms with van der Waals surface area (Å²) in [6.45, 7) is 1.22. The first-order valence-electron chi connectivity index (χ1n) is 10.4. The Bertz CT molecular complexity index is 1200. The first kappa shape index (κ1) is 22.5. The predicted octanol–water partition coefficient (Wildman–Crippen LogP) is 3.46. The summed E-state index contributed by atoms with van der Waals surface area (Å²) in [4.78, 5) is 38.2. The van der Waals surface area contributed by atoms with Gasteiger partial charge in [-0.1, -0.05) is 12.1 Å². The number of methoxy groups -OCH3 is 1. The minimum Gasteiger partial charge on any atom is -0.495 e. The van der Waals surface area contributed by atoms with Gasteiger partial charge in [-0.2, -0.15) is 15.0 Å². The van der Waals surface area contributed by atoms with E-state index in [0.717, 1.165) is 36.1 Å². The van der Waals surface area contributed by atoms with E-state index >= 15 is 0 Å². The fourth-order valence-corrected chi connectivity index (χ4v) is 4.98. The number of fused-ring (bicyclic) bond motifs is 1. The third-order valence-corrected chi connectivity index (χ3v) is 6.26. The van der Waals surface area contributed by atoms with Crippen LogP contribution in [0.2, 0.25) is 0 Å². The van der Waals surface area contributed by atoms with Crippen LogP contribution in [0.1, 0.15) is 46.4 Å². The van der Waals surface area contributed by atoms with Gasteiger partial charge in [0.05, 0.1) is 18.4 Å². The molecule has 0 saturated carbocycles. The summed E-state index contributed by atoms with van der Waals surface area (Å²) in [7, 11) is 1.56. The van der Waals surface area contributed by atoms with Gasteiger partial charge in [-0.15, -0.1) is 11.3 Å². The molecule has 4 rings (SSSR count). The number of thiophene rings is 1. The van der Waals surface area contributed by atoms with Crippen molar-refractivity contribution in [2.24, 2.45) is 0 Å². The highest BCUT2D eigenvalue weighted by Gasteiger charge is 2.27. The molecule has 0 bridgehead atoms. The second-order valence-corrected chi connectivity index (χ2v) is 8.54. The maximum absolute atomic E-state index is 13.0. The van der Waals surface area contributed by atoms with Gasteiger partial charge in [-0.3, -0.25) is 4.79 Å². The van der Waals surface area contributed by atoms with Gasteiger partial charge >= 0.3 is 5.97 Å². The van der Waals surface area contributed by atoms with E-state index in [1.807, 2.05) is 18.2 Å². The van der Waals surface area contributed by atoms with E-state index in [1.165, 1.54) is 18.3 Å². The number of ether oxygens (including phenoxy) is 2. The Balaban J connectivity index is 1.52. The Labute approximate surface area is 194 Å². The van der Waals surface area contributed by atoms with Crippen LogP contribution in [-0.4, -0.2) is 33.9 Å². The van der Waals surface area contributed by atoms with Gasteiger partial charge in [-0.05, 0) is 43.4 Å². The summed E-state index contributed by atoms with van der Waals surface area (Å²) < 4.78 is 10.8. The van der Waals surface area contributed by atoms with Crippen LogP contribution in [-0.2, 0) is 29.0 Å². The number of benzene rings is 1. The van der Waals surface area contributed by atoms with Crippen molar-refractivity contribution in [2.75, 3.05) is 23.5 Å². The van der Waals surface area contributed by atoms with Crippen LogP contribution in [0.25, 0.3) is 0 Å². The molecule has 0 aliphatic heterocycles. The molecule has 0 atom stereocenters. The number of amides is 1. The number of hydrogen-bond donors (Lipinski definition) is 3. The Morgan fingerprint density at radius 1 is 1.15 bits per heavy atom. The molecular weight excluding hydrogens is 444 g/mol. The lowest BCUT2D eigenvalue weighted by Crippen LogP contribution is -2.15. The van der Waals surface area contributed by atoms with E-state index in [4.69, 9.17) is 15.2 Å². The van der Waals surface area contributed by atoms with Crippen molar-refractivity contribution >= 4 is 45.8 Å². The van der Waals surface area contributed by atoms with Gasteiger partial charge in [0, 0.05) is 11.8 Å². The molecule has 1 amide bonds. The predicted molar refractivity (Wildman–Crippen MR) is 125 cm³/mol.